The molecule has 19 heavy (non-hydrogen) atoms. The van der Waals surface area contributed by atoms with Gasteiger partial charge in [-0.1, -0.05) is 0 Å². The molecule has 2 aromatic rings. The van der Waals surface area contributed by atoms with Gasteiger partial charge in [-0.2, -0.15) is 0 Å². The molecule has 3 rings (SSSR count). The van der Waals surface area contributed by atoms with Gasteiger partial charge in [0, 0.05) is 29.6 Å². The van der Waals surface area contributed by atoms with E-state index in [1.807, 2.05) is 12.1 Å². The van der Waals surface area contributed by atoms with E-state index in [9.17, 15) is 9.59 Å². The van der Waals surface area contributed by atoms with Crippen LogP contribution >= 0.6 is 0 Å². The fourth-order valence-electron chi connectivity index (χ4n) is 2.56. The highest BCUT2D eigenvalue weighted by Crippen LogP contribution is 2.29. The number of hydrogen-bond acceptors (Lipinski definition) is 3. The second kappa shape index (κ2) is 4.01. The Morgan fingerprint density at radius 2 is 2.16 bits per heavy atom. The third-order valence-corrected chi connectivity index (χ3v) is 3.44. The van der Waals surface area contributed by atoms with Crippen LogP contribution in [-0.2, 0) is 4.79 Å². The zero-order valence-corrected chi connectivity index (χ0v) is 10.3. The number of nitrogens with two attached hydrogens (primary N) is 2. The monoisotopic (exact) mass is 258 g/mol. The Labute approximate surface area is 109 Å². The minimum Gasteiger partial charge on any atom is -0.385 e. The van der Waals surface area contributed by atoms with Gasteiger partial charge >= 0.3 is 0 Å². The lowest BCUT2D eigenvalue weighted by molar-refractivity contribution is -0.117. The number of H-pyrrole nitrogens is 1. The van der Waals surface area contributed by atoms with Crippen molar-refractivity contribution in [2.45, 2.75) is 12.8 Å². The van der Waals surface area contributed by atoms with E-state index in [0.29, 0.717) is 22.9 Å². The first-order chi connectivity index (χ1) is 9.08. The molecule has 1 aliphatic heterocycles. The Balaban J connectivity index is 2.12. The summed E-state index contributed by atoms with van der Waals surface area (Å²) in [6, 6.07) is 5.40. The topological polar surface area (TPSA) is 105 Å². The number of amides is 2. The molecule has 1 saturated heterocycles. The van der Waals surface area contributed by atoms with Crippen LogP contribution in [0.15, 0.2) is 18.2 Å². The molecule has 6 nitrogen and oxygen atoms in total. The Morgan fingerprint density at radius 1 is 1.37 bits per heavy atom. The van der Waals surface area contributed by atoms with Crippen molar-refractivity contribution in [3.8, 4) is 0 Å². The van der Waals surface area contributed by atoms with Gasteiger partial charge < -0.3 is 21.4 Å². The number of fused-ring (bicyclic) bond motifs is 1. The molecule has 1 aliphatic rings. The molecule has 1 aromatic carbocycles. The summed E-state index contributed by atoms with van der Waals surface area (Å²) in [6.07, 6.45) is 1.45. The minimum absolute atomic E-state index is 0.119. The second-order valence-electron chi connectivity index (χ2n) is 4.66. The summed E-state index contributed by atoms with van der Waals surface area (Å²) in [5.41, 5.74) is 12.9. The number of aromatic amines is 1. The summed E-state index contributed by atoms with van der Waals surface area (Å²) in [5, 5.41) is 0.681. The Hall–Kier alpha value is -2.50. The van der Waals surface area contributed by atoms with Crippen LogP contribution < -0.4 is 16.4 Å². The lowest BCUT2D eigenvalue weighted by Crippen LogP contribution is -2.23. The van der Waals surface area contributed by atoms with Gasteiger partial charge in [-0.3, -0.25) is 9.59 Å². The molecule has 0 spiro atoms. The van der Waals surface area contributed by atoms with E-state index in [0.717, 1.165) is 18.7 Å². The first-order valence-corrected chi connectivity index (χ1v) is 6.09. The molecule has 0 unspecified atom stereocenters. The van der Waals surface area contributed by atoms with Gasteiger partial charge in [0.25, 0.3) is 5.91 Å². The first kappa shape index (κ1) is 11.6. The highest BCUT2D eigenvalue weighted by atomic mass is 16.2. The van der Waals surface area contributed by atoms with Crippen molar-refractivity contribution >= 4 is 34.2 Å². The zero-order chi connectivity index (χ0) is 13.6. The van der Waals surface area contributed by atoms with Gasteiger partial charge in [0.05, 0.1) is 5.56 Å². The number of carbonyl (C=O) groups excluding carboxylic acids is 2. The summed E-state index contributed by atoms with van der Waals surface area (Å²) in [7, 11) is 0. The molecule has 2 heterocycles. The van der Waals surface area contributed by atoms with E-state index in [4.69, 9.17) is 11.5 Å². The maximum Gasteiger partial charge on any atom is 0.253 e. The van der Waals surface area contributed by atoms with Gasteiger partial charge in [-0.05, 0) is 24.6 Å². The molecule has 2 amide bonds. The van der Waals surface area contributed by atoms with E-state index in [1.165, 1.54) is 0 Å². The summed E-state index contributed by atoms with van der Waals surface area (Å²) >= 11 is 0. The van der Waals surface area contributed by atoms with Crippen LogP contribution in [0.4, 0.5) is 11.5 Å². The Kier molecular flexibility index (Phi) is 2.45. The van der Waals surface area contributed by atoms with E-state index >= 15 is 0 Å². The average Bonchev–Trinajstić information content (AvgIpc) is 2.90. The number of aromatic nitrogens is 1. The van der Waals surface area contributed by atoms with Gasteiger partial charge in [0.15, 0.2) is 0 Å². The quantitative estimate of drug-likeness (QED) is 0.747. The first-order valence-electron chi connectivity index (χ1n) is 6.09. The molecule has 1 aromatic heterocycles. The van der Waals surface area contributed by atoms with Crippen molar-refractivity contribution in [3.63, 3.8) is 0 Å². The molecule has 0 radical (unpaired) electrons. The summed E-state index contributed by atoms with van der Waals surface area (Å²) in [6.45, 7) is 0.725. The van der Waals surface area contributed by atoms with E-state index in [2.05, 4.69) is 4.98 Å². The Morgan fingerprint density at radius 3 is 2.79 bits per heavy atom. The molecular weight excluding hydrogens is 244 g/mol. The molecule has 5 N–H and O–H groups in total. The van der Waals surface area contributed by atoms with Crippen LogP contribution in [0, 0.1) is 0 Å². The number of nitrogens with zero attached hydrogens (tertiary/aromatic N) is 1. The standard InChI is InChI=1S/C13H14N4O2/c14-12-11(13(15)19)8-4-3-7(6-9(8)16-12)17-5-1-2-10(17)18/h3-4,6,16H,1-2,5,14H2,(H2,15,19). The van der Waals surface area contributed by atoms with Crippen molar-refractivity contribution < 1.29 is 9.59 Å². The maximum atomic E-state index is 11.7. The van der Waals surface area contributed by atoms with Crippen molar-refractivity contribution in [1.82, 2.24) is 4.98 Å². The number of anilines is 2. The summed E-state index contributed by atoms with van der Waals surface area (Å²) in [4.78, 5) is 27.7. The average molecular weight is 258 g/mol. The predicted molar refractivity (Wildman–Crippen MR) is 72.8 cm³/mol. The molecule has 0 saturated carbocycles. The fourth-order valence-corrected chi connectivity index (χ4v) is 2.56. The van der Waals surface area contributed by atoms with E-state index in [1.54, 1.807) is 11.0 Å². The summed E-state index contributed by atoms with van der Waals surface area (Å²) < 4.78 is 0. The fraction of sp³-hybridized carbons (Fsp3) is 0.231. The number of nitrogen functional groups attached to an aromatic ring is 1. The minimum atomic E-state index is -0.561. The van der Waals surface area contributed by atoms with Gasteiger partial charge in [-0.15, -0.1) is 0 Å². The van der Waals surface area contributed by atoms with Crippen LogP contribution in [0.1, 0.15) is 23.2 Å². The van der Waals surface area contributed by atoms with E-state index < -0.39 is 5.91 Å². The lowest BCUT2D eigenvalue weighted by atomic mass is 10.1. The number of hydrogen-bond donors (Lipinski definition) is 3. The third kappa shape index (κ3) is 1.72. The molecule has 0 aliphatic carbocycles. The number of carbonyl (C=O) groups is 2. The van der Waals surface area contributed by atoms with Crippen LogP contribution in [0.5, 0.6) is 0 Å². The number of rotatable bonds is 2. The van der Waals surface area contributed by atoms with Gasteiger partial charge in [-0.25, -0.2) is 0 Å². The predicted octanol–water partition coefficient (Wildman–Crippen LogP) is 0.976. The third-order valence-electron chi connectivity index (χ3n) is 3.44. The molecule has 0 atom stereocenters. The highest BCUT2D eigenvalue weighted by molar-refractivity contribution is 6.11. The maximum absolute atomic E-state index is 11.7. The lowest BCUT2D eigenvalue weighted by Gasteiger charge is -2.15. The number of primary amides is 1. The molecule has 98 valence electrons. The number of benzene rings is 1. The Bertz CT molecular complexity index is 689. The number of nitrogens with one attached hydrogen (secondary N) is 1. The molecular formula is C13H14N4O2. The largest absolute Gasteiger partial charge is 0.385 e. The van der Waals surface area contributed by atoms with Crippen molar-refractivity contribution in [1.29, 1.82) is 0 Å². The molecule has 0 bridgehead atoms. The zero-order valence-electron chi connectivity index (χ0n) is 10.3. The van der Waals surface area contributed by atoms with Crippen LogP contribution in [0.25, 0.3) is 10.9 Å². The van der Waals surface area contributed by atoms with Crippen molar-refractivity contribution in [2.24, 2.45) is 5.73 Å². The summed E-state index contributed by atoms with van der Waals surface area (Å²) in [5.74, 6) is -0.185. The van der Waals surface area contributed by atoms with Crippen LogP contribution in [0.3, 0.4) is 0 Å². The highest BCUT2D eigenvalue weighted by Gasteiger charge is 2.22. The van der Waals surface area contributed by atoms with Crippen LogP contribution in [0.2, 0.25) is 0 Å². The normalized spacial score (nSPS) is 15.4. The van der Waals surface area contributed by atoms with Gasteiger partial charge in [0.1, 0.15) is 5.82 Å². The molecule has 1 fully saturated rings. The SMILES string of the molecule is NC(=O)c1c(N)[nH]c2cc(N3CCCC3=O)ccc12. The van der Waals surface area contributed by atoms with Crippen molar-refractivity contribution in [2.75, 3.05) is 17.2 Å². The van der Waals surface area contributed by atoms with Crippen molar-refractivity contribution in [3.05, 3.63) is 23.8 Å². The van der Waals surface area contributed by atoms with Gasteiger partial charge in [0.2, 0.25) is 5.91 Å². The smallest absolute Gasteiger partial charge is 0.253 e. The van der Waals surface area contributed by atoms with E-state index in [-0.39, 0.29) is 11.7 Å². The second-order valence-corrected chi connectivity index (χ2v) is 4.66. The van der Waals surface area contributed by atoms with Crippen LogP contribution in [-0.4, -0.2) is 23.3 Å². The molecule has 6 heteroatoms.